The maximum atomic E-state index is 13.4. The number of halogens is 3. The number of aromatic nitrogens is 1. The predicted octanol–water partition coefficient (Wildman–Crippen LogP) is 4.27. The van der Waals surface area contributed by atoms with Crippen LogP contribution in [0.4, 0.5) is 13.2 Å². The molecule has 2 aromatic carbocycles. The number of para-hydroxylation sites is 1. The van der Waals surface area contributed by atoms with Gasteiger partial charge in [-0.3, -0.25) is 9.78 Å². The van der Waals surface area contributed by atoms with Crippen molar-refractivity contribution in [3.63, 3.8) is 0 Å². The van der Waals surface area contributed by atoms with Gasteiger partial charge in [-0.25, -0.2) is 0 Å². The van der Waals surface area contributed by atoms with Crippen LogP contribution in [0.1, 0.15) is 22.0 Å². The molecule has 0 saturated carbocycles. The van der Waals surface area contributed by atoms with Gasteiger partial charge in [-0.1, -0.05) is 48.5 Å². The molecular formula is C18H13F3N2O. The van der Waals surface area contributed by atoms with E-state index in [9.17, 15) is 18.0 Å². The Morgan fingerprint density at radius 1 is 0.958 bits per heavy atom. The van der Waals surface area contributed by atoms with E-state index < -0.39 is 18.1 Å². The number of amides is 1. The van der Waals surface area contributed by atoms with E-state index in [1.807, 2.05) is 0 Å². The fraction of sp³-hybridized carbons (Fsp3) is 0.111. The highest BCUT2D eigenvalue weighted by molar-refractivity contribution is 6.06. The molecular weight excluding hydrogens is 317 g/mol. The Morgan fingerprint density at radius 3 is 2.33 bits per heavy atom. The Hall–Kier alpha value is -2.89. The molecule has 0 aliphatic heterocycles. The third-order valence-corrected chi connectivity index (χ3v) is 3.63. The van der Waals surface area contributed by atoms with Crippen molar-refractivity contribution in [1.82, 2.24) is 10.3 Å². The quantitative estimate of drug-likeness (QED) is 0.779. The van der Waals surface area contributed by atoms with Crippen LogP contribution < -0.4 is 5.32 Å². The summed E-state index contributed by atoms with van der Waals surface area (Å²) < 4.78 is 40.1. The van der Waals surface area contributed by atoms with Gasteiger partial charge >= 0.3 is 6.18 Å². The second kappa shape index (κ2) is 6.31. The van der Waals surface area contributed by atoms with Gasteiger partial charge in [0.25, 0.3) is 5.91 Å². The highest BCUT2D eigenvalue weighted by Crippen LogP contribution is 2.33. The molecule has 0 saturated heterocycles. The molecule has 0 bridgehead atoms. The van der Waals surface area contributed by atoms with E-state index in [1.165, 1.54) is 36.5 Å². The van der Waals surface area contributed by atoms with Crippen LogP contribution in [0.2, 0.25) is 0 Å². The molecule has 3 rings (SSSR count). The van der Waals surface area contributed by atoms with E-state index in [-0.39, 0.29) is 11.1 Å². The molecule has 24 heavy (non-hydrogen) atoms. The van der Waals surface area contributed by atoms with Crippen LogP contribution in [0.25, 0.3) is 10.9 Å². The summed E-state index contributed by atoms with van der Waals surface area (Å²) in [5, 5.41) is 2.60. The topological polar surface area (TPSA) is 42.0 Å². The van der Waals surface area contributed by atoms with Gasteiger partial charge in [-0.05, 0) is 17.7 Å². The van der Waals surface area contributed by atoms with Gasteiger partial charge in [0, 0.05) is 11.6 Å². The van der Waals surface area contributed by atoms with Crippen molar-refractivity contribution in [2.75, 3.05) is 0 Å². The van der Waals surface area contributed by atoms with Crippen molar-refractivity contribution in [1.29, 1.82) is 0 Å². The van der Waals surface area contributed by atoms with Crippen LogP contribution in [0.15, 0.2) is 66.9 Å². The third-order valence-electron chi connectivity index (χ3n) is 3.63. The van der Waals surface area contributed by atoms with E-state index in [1.54, 1.807) is 30.3 Å². The number of pyridine rings is 1. The zero-order valence-electron chi connectivity index (χ0n) is 12.4. The lowest BCUT2D eigenvalue weighted by atomic mass is 10.0. The van der Waals surface area contributed by atoms with Crippen LogP contribution >= 0.6 is 0 Å². The van der Waals surface area contributed by atoms with Crippen molar-refractivity contribution in [2.24, 2.45) is 0 Å². The van der Waals surface area contributed by atoms with Crippen LogP contribution in [-0.4, -0.2) is 17.1 Å². The summed E-state index contributed by atoms with van der Waals surface area (Å²) in [5.41, 5.74) is 0.691. The van der Waals surface area contributed by atoms with E-state index in [2.05, 4.69) is 10.3 Å². The average Bonchev–Trinajstić information content (AvgIpc) is 2.58. The summed E-state index contributed by atoms with van der Waals surface area (Å²) in [6.07, 6.45) is -3.19. The van der Waals surface area contributed by atoms with Crippen molar-refractivity contribution in [3.8, 4) is 0 Å². The Labute approximate surface area is 136 Å². The number of hydrogen-bond donors (Lipinski definition) is 1. The second-order valence-corrected chi connectivity index (χ2v) is 5.23. The average molecular weight is 330 g/mol. The van der Waals surface area contributed by atoms with Gasteiger partial charge in [0.2, 0.25) is 0 Å². The molecule has 0 spiro atoms. The van der Waals surface area contributed by atoms with Crippen LogP contribution in [0.5, 0.6) is 0 Å². The van der Waals surface area contributed by atoms with Crippen molar-refractivity contribution < 1.29 is 18.0 Å². The maximum Gasteiger partial charge on any atom is 0.412 e. The normalized spacial score (nSPS) is 12.8. The molecule has 3 nitrogen and oxygen atoms in total. The first-order valence-corrected chi connectivity index (χ1v) is 7.23. The highest BCUT2D eigenvalue weighted by Gasteiger charge is 2.42. The molecule has 1 atom stereocenters. The molecule has 122 valence electrons. The van der Waals surface area contributed by atoms with Crippen LogP contribution in [0, 0.1) is 0 Å². The van der Waals surface area contributed by atoms with E-state index in [0.717, 1.165) is 0 Å². The summed E-state index contributed by atoms with van der Waals surface area (Å²) in [4.78, 5) is 16.6. The maximum absolute atomic E-state index is 13.4. The molecule has 0 unspecified atom stereocenters. The minimum atomic E-state index is -4.60. The summed E-state index contributed by atoms with van der Waals surface area (Å²) in [6.45, 7) is 0. The molecule has 1 N–H and O–H groups in total. The van der Waals surface area contributed by atoms with E-state index >= 15 is 0 Å². The van der Waals surface area contributed by atoms with Gasteiger partial charge < -0.3 is 5.32 Å². The lowest BCUT2D eigenvalue weighted by Gasteiger charge is -2.22. The number of alkyl halides is 3. The van der Waals surface area contributed by atoms with Crippen molar-refractivity contribution in [2.45, 2.75) is 12.2 Å². The lowest BCUT2D eigenvalue weighted by molar-refractivity contribution is -0.155. The molecule has 1 heterocycles. The predicted molar refractivity (Wildman–Crippen MR) is 84.4 cm³/mol. The minimum Gasteiger partial charge on any atom is -0.337 e. The fourth-order valence-corrected chi connectivity index (χ4v) is 2.50. The zero-order chi connectivity index (χ0) is 17.2. The number of carbonyl (C=O) groups is 1. The highest BCUT2D eigenvalue weighted by atomic mass is 19.4. The summed E-state index contributed by atoms with van der Waals surface area (Å²) in [5.74, 6) is -0.792. The Bertz CT molecular complexity index is 858. The molecule has 0 aliphatic rings. The molecule has 6 heteroatoms. The summed E-state index contributed by atoms with van der Waals surface area (Å²) >= 11 is 0. The molecule has 0 fully saturated rings. The second-order valence-electron chi connectivity index (χ2n) is 5.23. The van der Waals surface area contributed by atoms with Gasteiger partial charge in [-0.2, -0.15) is 13.2 Å². The Morgan fingerprint density at radius 2 is 1.62 bits per heavy atom. The number of nitrogens with one attached hydrogen (secondary N) is 1. The van der Waals surface area contributed by atoms with Crippen molar-refractivity contribution in [3.05, 3.63) is 78.0 Å². The first-order valence-electron chi connectivity index (χ1n) is 7.23. The smallest absolute Gasteiger partial charge is 0.337 e. The molecule has 3 aromatic rings. The first kappa shape index (κ1) is 16.0. The first-order chi connectivity index (χ1) is 11.5. The van der Waals surface area contributed by atoms with Crippen molar-refractivity contribution >= 4 is 16.8 Å². The Kier molecular flexibility index (Phi) is 4.20. The SMILES string of the molecule is O=C(N[C@H](c1ccccc1)C(F)(F)F)c1ccnc2ccccc12. The molecule has 0 aliphatic carbocycles. The lowest BCUT2D eigenvalue weighted by Crippen LogP contribution is -2.38. The van der Waals surface area contributed by atoms with E-state index in [0.29, 0.717) is 10.9 Å². The van der Waals surface area contributed by atoms with Gasteiger partial charge in [0.15, 0.2) is 6.04 Å². The summed E-state index contributed by atoms with van der Waals surface area (Å²) in [6, 6.07) is 13.4. The van der Waals surface area contributed by atoms with Gasteiger partial charge in [0.1, 0.15) is 0 Å². The number of rotatable bonds is 3. The van der Waals surface area contributed by atoms with Crippen LogP contribution in [-0.2, 0) is 0 Å². The standard InChI is InChI=1S/C18H13F3N2O/c19-18(20,21)16(12-6-2-1-3-7-12)23-17(24)14-10-11-22-15-9-5-4-8-13(14)15/h1-11,16H,(H,23,24)/t16-/m1/s1. The third kappa shape index (κ3) is 3.22. The number of nitrogens with zero attached hydrogens (tertiary/aromatic N) is 1. The number of carbonyl (C=O) groups excluding carboxylic acids is 1. The van der Waals surface area contributed by atoms with Gasteiger partial charge in [-0.15, -0.1) is 0 Å². The number of fused-ring (bicyclic) bond motifs is 1. The molecule has 1 amide bonds. The molecule has 1 aromatic heterocycles. The zero-order valence-corrected chi connectivity index (χ0v) is 12.4. The monoisotopic (exact) mass is 330 g/mol. The summed E-state index contributed by atoms with van der Waals surface area (Å²) in [7, 11) is 0. The minimum absolute atomic E-state index is 0.0169. The van der Waals surface area contributed by atoms with Crippen LogP contribution in [0.3, 0.4) is 0 Å². The number of hydrogen-bond acceptors (Lipinski definition) is 2. The Balaban J connectivity index is 1.97. The largest absolute Gasteiger partial charge is 0.412 e. The number of benzene rings is 2. The van der Waals surface area contributed by atoms with Gasteiger partial charge in [0.05, 0.1) is 11.1 Å². The van der Waals surface area contributed by atoms with E-state index in [4.69, 9.17) is 0 Å². The molecule has 0 radical (unpaired) electrons. The fourth-order valence-electron chi connectivity index (χ4n) is 2.50.